The number of hydrogen-bond acceptors (Lipinski definition) is 3. The van der Waals surface area contributed by atoms with E-state index in [1.54, 1.807) is 0 Å². The fourth-order valence-electron chi connectivity index (χ4n) is 3.59. The van der Waals surface area contributed by atoms with Gasteiger partial charge < -0.3 is 16.0 Å². The van der Waals surface area contributed by atoms with Crippen LogP contribution in [0.4, 0.5) is 5.69 Å². The lowest BCUT2D eigenvalue weighted by Gasteiger charge is -2.27. The quantitative estimate of drug-likeness (QED) is 0.878. The Morgan fingerprint density at radius 3 is 2.41 bits per heavy atom. The Bertz CT molecular complexity index is 827. The van der Waals surface area contributed by atoms with Gasteiger partial charge in [-0.2, -0.15) is 0 Å². The average molecular weight is 365 g/mol. The first-order valence-electron chi connectivity index (χ1n) is 9.28. The summed E-state index contributed by atoms with van der Waals surface area (Å²) in [5.41, 5.74) is 8.79. The van der Waals surface area contributed by atoms with Gasteiger partial charge >= 0.3 is 0 Å². The first kappa shape index (κ1) is 19.1. The number of hydrogen-bond donors (Lipinski definition) is 2. The van der Waals surface area contributed by atoms with Crippen LogP contribution in [-0.4, -0.2) is 29.9 Å². The summed E-state index contributed by atoms with van der Waals surface area (Å²) in [4.78, 5) is 27.0. The number of anilines is 1. The third kappa shape index (κ3) is 4.37. The van der Waals surface area contributed by atoms with Gasteiger partial charge in [0.2, 0.25) is 11.8 Å². The summed E-state index contributed by atoms with van der Waals surface area (Å²) < 4.78 is 0. The van der Waals surface area contributed by atoms with Crippen LogP contribution in [-0.2, 0) is 9.59 Å². The molecule has 0 aromatic heterocycles. The zero-order valence-corrected chi connectivity index (χ0v) is 16.1. The standard InChI is InChI=1S/C22H27N3O2/c1-22(2,3)24-20(26)14-25-19-12-8-7-11-16(19)17(13-18(23)21(25)27)15-9-5-4-6-10-15/h4-12,17-18H,13-14,23H2,1-3H3,(H,24,26)/t17-,18-/m1/s1. The highest BCUT2D eigenvalue weighted by molar-refractivity contribution is 6.03. The molecule has 0 spiro atoms. The van der Waals surface area contributed by atoms with Crippen LogP contribution in [0.15, 0.2) is 54.6 Å². The van der Waals surface area contributed by atoms with Crippen molar-refractivity contribution in [3.63, 3.8) is 0 Å². The molecule has 2 aromatic rings. The first-order chi connectivity index (χ1) is 12.8. The van der Waals surface area contributed by atoms with Crippen molar-refractivity contribution in [1.29, 1.82) is 0 Å². The molecule has 2 aromatic carbocycles. The van der Waals surface area contributed by atoms with Crippen molar-refractivity contribution in [3.05, 3.63) is 65.7 Å². The van der Waals surface area contributed by atoms with E-state index in [2.05, 4.69) is 17.4 Å². The van der Waals surface area contributed by atoms with Crippen molar-refractivity contribution >= 4 is 17.5 Å². The zero-order chi connectivity index (χ0) is 19.6. The number of fused-ring (bicyclic) bond motifs is 1. The number of benzene rings is 2. The Labute approximate surface area is 160 Å². The Hall–Kier alpha value is -2.66. The van der Waals surface area contributed by atoms with Gasteiger partial charge in [0.15, 0.2) is 0 Å². The van der Waals surface area contributed by atoms with E-state index in [4.69, 9.17) is 5.73 Å². The molecular formula is C22H27N3O2. The fourth-order valence-corrected chi connectivity index (χ4v) is 3.59. The van der Waals surface area contributed by atoms with Crippen molar-refractivity contribution in [2.75, 3.05) is 11.4 Å². The van der Waals surface area contributed by atoms with Crippen molar-refractivity contribution < 1.29 is 9.59 Å². The number of para-hydroxylation sites is 1. The largest absolute Gasteiger partial charge is 0.350 e. The van der Waals surface area contributed by atoms with E-state index < -0.39 is 6.04 Å². The van der Waals surface area contributed by atoms with Gasteiger partial charge in [0.05, 0.1) is 6.04 Å². The van der Waals surface area contributed by atoms with Crippen molar-refractivity contribution in [3.8, 4) is 0 Å². The Kier molecular flexibility index (Phi) is 5.33. The molecule has 0 radical (unpaired) electrons. The van der Waals surface area contributed by atoms with Crippen LogP contribution < -0.4 is 16.0 Å². The summed E-state index contributed by atoms with van der Waals surface area (Å²) in [6, 6.07) is 17.2. The van der Waals surface area contributed by atoms with Gasteiger partial charge in [-0.15, -0.1) is 0 Å². The molecule has 0 bridgehead atoms. The number of nitrogens with zero attached hydrogens (tertiary/aromatic N) is 1. The zero-order valence-electron chi connectivity index (χ0n) is 16.1. The summed E-state index contributed by atoms with van der Waals surface area (Å²) in [6.45, 7) is 5.71. The Morgan fingerprint density at radius 2 is 1.74 bits per heavy atom. The van der Waals surface area contributed by atoms with Crippen LogP contribution in [0.1, 0.15) is 44.2 Å². The van der Waals surface area contributed by atoms with Crippen molar-refractivity contribution in [2.24, 2.45) is 5.73 Å². The second-order valence-electron chi connectivity index (χ2n) is 8.09. The van der Waals surface area contributed by atoms with Crippen LogP contribution >= 0.6 is 0 Å². The molecule has 0 unspecified atom stereocenters. The molecule has 3 N–H and O–H groups in total. The number of amides is 2. The van der Waals surface area contributed by atoms with Crippen LogP contribution in [0.5, 0.6) is 0 Å². The van der Waals surface area contributed by atoms with E-state index in [-0.39, 0.29) is 29.8 Å². The first-order valence-corrected chi connectivity index (χ1v) is 9.28. The molecule has 1 aliphatic heterocycles. The summed E-state index contributed by atoms with van der Waals surface area (Å²) in [6.07, 6.45) is 0.511. The monoisotopic (exact) mass is 365 g/mol. The Morgan fingerprint density at radius 1 is 1.11 bits per heavy atom. The number of carbonyl (C=O) groups is 2. The minimum Gasteiger partial charge on any atom is -0.350 e. The smallest absolute Gasteiger partial charge is 0.244 e. The molecular weight excluding hydrogens is 338 g/mol. The summed E-state index contributed by atoms with van der Waals surface area (Å²) in [5, 5.41) is 2.92. The number of rotatable bonds is 3. The van der Waals surface area contributed by atoms with Crippen LogP contribution in [0.25, 0.3) is 0 Å². The maximum Gasteiger partial charge on any atom is 0.244 e. The molecule has 0 aliphatic carbocycles. The van der Waals surface area contributed by atoms with E-state index in [9.17, 15) is 9.59 Å². The van der Waals surface area contributed by atoms with Gasteiger partial charge in [-0.25, -0.2) is 0 Å². The SMILES string of the molecule is CC(C)(C)NC(=O)CN1C(=O)[C@H](N)C[C@H](c2ccccc2)c2ccccc21. The van der Waals surface area contributed by atoms with E-state index in [0.29, 0.717) is 6.42 Å². The van der Waals surface area contributed by atoms with E-state index in [1.807, 2.05) is 63.2 Å². The van der Waals surface area contributed by atoms with E-state index in [0.717, 1.165) is 16.8 Å². The van der Waals surface area contributed by atoms with E-state index in [1.165, 1.54) is 4.90 Å². The van der Waals surface area contributed by atoms with Gasteiger partial charge in [-0.1, -0.05) is 48.5 Å². The molecule has 2 atom stereocenters. The molecule has 5 nitrogen and oxygen atoms in total. The average Bonchev–Trinajstić information content (AvgIpc) is 2.72. The predicted molar refractivity (Wildman–Crippen MR) is 108 cm³/mol. The molecule has 0 saturated carbocycles. The highest BCUT2D eigenvalue weighted by atomic mass is 16.2. The third-order valence-electron chi connectivity index (χ3n) is 4.69. The molecule has 1 heterocycles. The van der Waals surface area contributed by atoms with Crippen LogP contribution in [0.2, 0.25) is 0 Å². The predicted octanol–water partition coefficient (Wildman–Crippen LogP) is 2.80. The lowest BCUT2D eigenvalue weighted by Crippen LogP contribution is -2.50. The van der Waals surface area contributed by atoms with Gasteiger partial charge in [0.25, 0.3) is 0 Å². The molecule has 0 fully saturated rings. The van der Waals surface area contributed by atoms with Gasteiger partial charge in [-0.3, -0.25) is 9.59 Å². The summed E-state index contributed by atoms with van der Waals surface area (Å²) >= 11 is 0. The lowest BCUT2D eigenvalue weighted by molar-refractivity contribution is -0.125. The van der Waals surface area contributed by atoms with Crippen LogP contribution in [0, 0.1) is 0 Å². The molecule has 142 valence electrons. The van der Waals surface area contributed by atoms with Gasteiger partial charge in [0.1, 0.15) is 6.54 Å². The summed E-state index contributed by atoms with van der Waals surface area (Å²) in [5.74, 6) is -0.405. The minimum atomic E-state index is -0.662. The Balaban J connectivity index is 2.00. The maximum atomic E-state index is 13.0. The minimum absolute atomic E-state index is 0.0111. The number of nitrogens with two attached hydrogens (primary N) is 1. The van der Waals surface area contributed by atoms with Crippen molar-refractivity contribution in [1.82, 2.24) is 5.32 Å². The summed E-state index contributed by atoms with van der Waals surface area (Å²) in [7, 11) is 0. The van der Waals surface area contributed by atoms with Crippen molar-refractivity contribution in [2.45, 2.75) is 44.7 Å². The molecule has 1 aliphatic rings. The molecule has 3 rings (SSSR count). The fraction of sp³-hybridized carbons (Fsp3) is 0.364. The number of nitrogens with one attached hydrogen (secondary N) is 1. The highest BCUT2D eigenvalue weighted by Gasteiger charge is 2.34. The van der Waals surface area contributed by atoms with Crippen LogP contribution in [0.3, 0.4) is 0 Å². The normalized spacial score (nSPS) is 20.0. The molecule has 2 amide bonds. The maximum absolute atomic E-state index is 13.0. The molecule has 0 saturated heterocycles. The highest BCUT2D eigenvalue weighted by Crippen LogP contribution is 2.38. The molecule has 27 heavy (non-hydrogen) atoms. The molecule has 5 heteroatoms. The third-order valence-corrected chi connectivity index (χ3v) is 4.69. The second kappa shape index (κ2) is 7.53. The van der Waals surface area contributed by atoms with Gasteiger partial charge in [0, 0.05) is 17.1 Å². The second-order valence-corrected chi connectivity index (χ2v) is 8.09. The van der Waals surface area contributed by atoms with Gasteiger partial charge in [-0.05, 0) is 44.4 Å². The van der Waals surface area contributed by atoms with E-state index >= 15 is 0 Å². The topological polar surface area (TPSA) is 75.4 Å². The number of carbonyl (C=O) groups excluding carboxylic acids is 2. The lowest BCUT2D eigenvalue weighted by atomic mass is 9.86.